The maximum atomic E-state index is 9.50. The van der Waals surface area contributed by atoms with Gasteiger partial charge in [-0.1, -0.05) is 18.2 Å². The first-order valence-electron chi connectivity index (χ1n) is 7.16. The van der Waals surface area contributed by atoms with E-state index in [9.17, 15) is 5.11 Å². The molecule has 110 valence electrons. The Labute approximate surface area is 124 Å². The highest BCUT2D eigenvalue weighted by Crippen LogP contribution is 2.37. The van der Waals surface area contributed by atoms with Crippen LogP contribution in [-0.4, -0.2) is 18.3 Å². The lowest BCUT2D eigenvalue weighted by molar-refractivity contribution is 0.134. The van der Waals surface area contributed by atoms with Crippen molar-refractivity contribution < 1.29 is 14.6 Å². The summed E-state index contributed by atoms with van der Waals surface area (Å²) in [4.78, 5) is 0. The average molecular weight is 285 g/mol. The second kappa shape index (κ2) is 6.06. The molecule has 3 rings (SSSR count). The van der Waals surface area contributed by atoms with E-state index in [4.69, 9.17) is 9.47 Å². The minimum atomic E-state index is 0.0865. The zero-order valence-corrected chi connectivity index (χ0v) is 12.0. The van der Waals surface area contributed by atoms with E-state index < -0.39 is 0 Å². The molecule has 2 aromatic rings. The van der Waals surface area contributed by atoms with Gasteiger partial charge in [-0.2, -0.15) is 0 Å². The van der Waals surface area contributed by atoms with E-state index in [1.807, 2.05) is 31.2 Å². The minimum absolute atomic E-state index is 0.0865. The summed E-state index contributed by atoms with van der Waals surface area (Å²) in [7, 11) is 0. The molecule has 1 heterocycles. The highest BCUT2D eigenvalue weighted by molar-refractivity contribution is 5.55. The Balaban J connectivity index is 1.80. The van der Waals surface area contributed by atoms with Crippen LogP contribution in [0.2, 0.25) is 0 Å². The molecule has 4 heteroatoms. The molecule has 0 saturated carbocycles. The summed E-state index contributed by atoms with van der Waals surface area (Å²) >= 11 is 0. The number of rotatable bonds is 5. The van der Waals surface area contributed by atoms with Crippen LogP contribution in [0.15, 0.2) is 42.5 Å². The van der Waals surface area contributed by atoms with Crippen molar-refractivity contribution in [3.8, 4) is 11.5 Å². The third-order valence-electron chi connectivity index (χ3n) is 3.59. The summed E-state index contributed by atoms with van der Waals surface area (Å²) in [6.45, 7) is 3.84. The molecule has 0 aromatic heterocycles. The zero-order chi connectivity index (χ0) is 14.7. The van der Waals surface area contributed by atoms with Crippen LogP contribution in [-0.2, 0) is 11.3 Å². The van der Waals surface area contributed by atoms with Gasteiger partial charge in [0.1, 0.15) is 18.1 Å². The first-order chi connectivity index (χ1) is 10.3. The van der Waals surface area contributed by atoms with Gasteiger partial charge in [-0.25, -0.2) is 0 Å². The first kappa shape index (κ1) is 13.8. The van der Waals surface area contributed by atoms with E-state index in [0.717, 1.165) is 22.6 Å². The van der Waals surface area contributed by atoms with E-state index in [1.165, 1.54) is 0 Å². The molecule has 0 saturated heterocycles. The van der Waals surface area contributed by atoms with Crippen molar-refractivity contribution in [2.24, 2.45) is 0 Å². The molecular formula is C17H19NO3. The quantitative estimate of drug-likeness (QED) is 0.883. The topological polar surface area (TPSA) is 50.7 Å². The largest absolute Gasteiger partial charge is 0.508 e. The van der Waals surface area contributed by atoms with Crippen molar-refractivity contribution in [3.05, 3.63) is 53.6 Å². The molecule has 0 bridgehead atoms. The number of fused-ring (bicyclic) bond motifs is 1. The van der Waals surface area contributed by atoms with Crippen LogP contribution in [0, 0.1) is 0 Å². The van der Waals surface area contributed by atoms with Gasteiger partial charge in [-0.3, -0.25) is 0 Å². The maximum absolute atomic E-state index is 9.50. The van der Waals surface area contributed by atoms with Gasteiger partial charge < -0.3 is 19.9 Å². The zero-order valence-electron chi connectivity index (χ0n) is 12.0. The van der Waals surface area contributed by atoms with Crippen LogP contribution in [0.25, 0.3) is 0 Å². The predicted molar refractivity (Wildman–Crippen MR) is 81.7 cm³/mol. The number of hydrogen-bond donors (Lipinski definition) is 2. The molecule has 0 aliphatic carbocycles. The fourth-order valence-electron chi connectivity index (χ4n) is 2.50. The van der Waals surface area contributed by atoms with E-state index in [2.05, 4.69) is 11.4 Å². The van der Waals surface area contributed by atoms with Crippen molar-refractivity contribution in [3.63, 3.8) is 0 Å². The summed E-state index contributed by atoms with van der Waals surface area (Å²) in [5, 5.41) is 13.0. The molecular weight excluding hydrogens is 266 g/mol. The molecule has 21 heavy (non-hydrogen) atoms. The van der Waals surface area contributed by atoms with Gasteiger partial charge in [0, 0.05) is 29.5 Å². The molecule has 0 radical (unpaired) electrons. The predicted octanol–water partition coefficient (Wildman–Crippen LogP) is 3.47. The van der Waals surface area contributed by atoms with Crippen LogP contribution >= 0.6 is 0 Å². The first-order valence-corrected chi connectivity index (χ1v) is 7.16. The Morgan fingerprint density at radius 3 is 3.00 bits per heavy atom. The number of phenolic OH excluding ortho intramolecular Hbond substituents is 1. The van der Waals surface area contributed by atoms with Gasteiger partial charge in [-0.15, -0.1) is 0 Å². The van der Waals surface area contributed by atoms with E-state index in [1.54, 1.807) is 12.1 Å². The molecule has 0 amide bonds. The number of para-hydroxylation sites is 1. The van der Waals surface area contributed by atoms with Gasteiger partial charge in [-0.05, 0) is 25.1 Å². The maximum Gasteiger partial charge on any atom is 0.128 e. The molecule has 1 atom stereocenters. The summed E-state index contributed by atoms with van der Waals surface area (Å²) in [5.74, 6) is 0.973. The highest BCUT2D eigenvalue weighted by Gasteiger charge is 2.24. The van der Waals surface area contributed by atoms with Crippen molar-refractivity contribution >= 4 is 5.69 Å². The standard InChI is InChI=1S/C17H19NO3/c1-2-20-10-12-5-3-4-6-15(12)18-16-11-21-17-9-13(19)7-8-14(16)17/h3-9,16,18-19H,2,10-11H2,1H3. The average Bonchev–Trinajstić information content (AvgIpc) is 2.88. The summed E-state index contributed by atoms with van der Waals surface area (Å²) in [5.41, 5.74) is 3.26. The lowest BCUT2D eigenvalue weighted by atomic mass is 10.1. The Kier molecular flexibility index (Phi) is 3.97. The van der Waals surface area contributed by atoms with Crippen LogP contribution in [0.3, 0.4) is 0 Å². The second-order valence-electron chi connectivity index (χ2n) is 5.02. The van der Waals surface area contributed by atoms with Crippen molar-refractivity contribution in [2.45, 2.75) is 19.6 Å². The van der Waals surface area contributed by atoms with E-state index in [-0.39, 0.29) is 11.8 Å². The number of ether oxygens (including phenoxy) is 2. The molecule has 2 N–H and O–H groups in total. The number of aromatic hydroxyl groups is 1. The van der Waals surface area contributed by atoms with Crippen LogP contribution in [0.4, 0.5) is 5.69 Å². The molecule has 0 fully saturated rings. The van der Waals surface area contributed by atoms with Crippen LogP contribution < -0.4 is 10.1 Å². The summed E-state index contributed by atoms with van der Waals surface area (Å²) in [6, 6.07) is 13.5. The molecule has 1 aliphatic rings. The van der Waals surface area contributed by atoms with Gasteiger partial charge in [0.2, 0.25) is 0 Å². The molecule has 2 aromatic carbocycles. The third-order valence-corrected chi connectivity index (χ3v) is 3.59. The Morgan fingerprint density at radius 1 is 1.29 bits per heavy atom. The van der Waals surface area contributed by atoms with Gasteiger partial charge in [0.15, 0.2) is 0 Å². The Morgan fingerprint density at radius 2 is 2.14 bits per heavy atom. The lowest BCUT2D eigenvalue weighted by Crippen LogP contribution is -2.13. The number of benzene rings is 2. The number of anilines is 1. The summed E-state index contributed by atoms with van der Waals surface area (Å²) < 4.78 is 11.1. The second-order valence-corrected chi connectivity index (χ2v) is 5.02. The minimum Gasteiger partial charge on any atom is -0.508 e. The van der Waals surface area contributed by atoms with Gasteiger partial charge in [0.25, 0.3) is 0 Å². The lowest BCUT2D eigenvalue weighted by Gasteiger charge is -2.16. The normalized spacial score (nSPS) is 16.3. The smallest absolute Gasteiger partial charge is 0.128 e. The third kappa shape index (κ3) is 2.95. The van der Waals surface area contributed by atoms with Gasteiger partial charge >= 0.3 is 0 Å². The van der Waals surface area contributed by atoms with Crippen LogP contribution in [0.5, 0.6) is 11.5 Å². The monoisotopic (exact) mass is 285 g/mol. The SMILES string of the molecule is CCOCc1ccccc1NC1COc2cc(O)ccc21. The van der Waals surface area contributed by atoms with Crippen molar-refractivity contribution in [1.29, 1.82) is 0 Å². The molecule has 1 aliphatic heterocycles. The fraction of sp³-hybridized carbons (Fsp3) is 0.294. The van der Waals surface area contributed by atoms with E-state index >= 15 is 0 Å². The van der Waals surface area contributed by atoms with E-state index in [0.29, 0.717) is 19.8 Å². The number of hydrogen-bond acceptors (Lipinski definition) is 4. The van der Waals surface area contributed by atoms with Crippen molar-refractivity contribution in [2.75, 3.05) is 18.5 Å². The number of phenols is 1. The van der Waals surface area contributed by atoms with Crippen LogP contribution in [0.1, 0.15) is 24.1 Å². The molecule has 4 nitrogen and oxygen atoms in total. The highest BCUT2D eigenvalue weighted by atomic mass is 16.5. The fourth-order valence-corrected chi connectivity index (χ4v) is 2.50. The number of nitrogens with one attached hydrogen (secondary N) is 1. The summed E-state index contributed by atoms with van der Waals surface area (Å²) in [6.07, 6.45) is 0. The Hall–Kier alpha value is -2.20. The molecule has 1 unspecified atom stereocenters. The Bertz CT molecular complexity index is 627. The molecule has 0 spiro atoms. The van der Waals surface area contributed by atoms with Crippen molar-refractivity contribution in [1.82, 2.24) is 0 Å². The van der Waals surface area contributed by atoms with Gasteiger partial charge in [0.05, 0.1) is 12.6 Å².